The van der Waals surface area contributed by atoms with Crippen molar-refractivity contribution < 1.29 is 14.6 Å². The summed E-state index contributed by atoms with van der Waals surface area (Å²) in [5.41, 5.74) is 0.844. The molecule has 0 amide bonds. The lowest BCUT2D eigenvalue weighted by Crippen LogP contribution is -1.99. The van der Waals surface area contributed by atoms with Gasteiger partial charge in [0.15, 0.2) is 0 Å². The highest BCUT2D eigenvalue weighted by Gasteiger charge is 2.00. The van der Waals surface area contributed by atoms with Gasteiger partial charge >= 0.3 is 5.97 Å². The van der Waals surface area contributed by atoms with Crippen molar-refractivity contribution in [2.24, 2.45) is 0 Å². The predicted octanol–water partition coefficient (Wildman–Crippen LogP) is 2.83. The molecule has 0 saturated carbocycles. The van der Waals surface area contributed by atoms with Crippen LogP contribution in [0, 0.1) is 0 Å². The van der Waals surface area contributed by atoms with E-state index in [-0.39, 0.29) is 6.42 Å². The number of carboxylic acids is 1. The van der Waals surface area contributed by atoms with Crippen molar-refractivity contribution in [1.82, 2.24) is 0 Å². The smallest absolute Gasteiger partial charge is 0.307 e. The molecule has 0 heterocycles. The number of carbonyl (C=O) groups is 1. The van der Waals surface area contributed by atoms with Gasteiger partial charge in [-0.05, 0) is 31.0 Å². The number of aliphatic carboxylic acids is 1. The van der Waals surface area contributed by atoms with Crippen molar-refractivity contribution >= 4 is 17.7 Å². The van der Waals surface area contributed by atoms with Crippen LogP contribution in [0.3, 0.4) is 0 Å². The molecule has 0 aliphatic rings. The lowest BCUT2D eigenvalue weighted by Gasteiger charge is -2.03. The Morgan fingerprint density at radius 3 is 2.65 bits per heavy atom. The molecule has 1 aromatic rings. The first-order chi connectivity index (χ1) is 8.22. The summed E-state index contributed by atoms with van der Waals surface area (Å²) in [4.78, 5) is 11.7. The molecule has 0 saturated heterocycles. The number of hydrogen-bond donors (Lipinski definition) is 1. The third-order valence-electron chi connectivity index (χ3n) is 2.18. The summed E-state index contributed by atoms with van der Waals surface area (Å²) in [6.45, 7) is 3.57. The van der Waals surface area contributed by atoms with E-state index in [1.807, 2.05) is 31.2 Å². The van der Waals surface area contributed by atoms with Crippen LogP contribution in [0.4, 0.5) is 0 Å². The van der Waals surface area contributed by atoms with Crippen molar-refractivity contribution in [3.8, 4) is 0 Å². The largest absolute Gasteiger partial charge is 0.481 e. The molecule has 0 spiro atoms. The zero-order chi connectivity index (χ0) is 12.5. The number of benzene rings is 1. The lowest BCUT2D eigenvalue weighted by atomic mass is 10.2. The fourth-order valence-electron chi connectivity index (χ4n) is 1.37. The van der Waals surface area contributed by atoms with Gasteiger partial charge in [-0.3, -0.25) is 4.79 Å². The van der Waals surface area contributed by atoms with Crippen molar-refractivity contribution in [2.45, 2.75) is 24.7 Å². The summed E-state index contributed by atoms with van der Waals surface area (Å²) in [6.07, 6.45) is 1.13. The van der Waals surface area contributed by atoms with Crippen LogP contribution in [0.5, 0.6) is 0 Å². The molecule has 17 heavy (non-hydrogen) atoms. The van der Waals surface area contributed by atoms with Crippen LogP contribution in [0.25, 0.3) is 0 Å². The maximum Gasteiger partial charge on any atom is 0.307 e. The number of hydrogen-bond acceptors (Lipinski definition) is 3. The molecule has 0 radical (unpaired) electrons. The summed E-state index contributed by atoms with van der Waals surface area (Å²) < 4.78 is 5.26. The Kier molecular flexibility index (Phi) is 6.74. The SMILES string of the molecule is CCOCCCSc1ccc(CC(=O)O)cc1. The van der Waals surface area contributed by atoms with Crippen LogP contribution in [0.2, 0.25) is 0 Å². The molecule has 94 valence electrons. The average Bonchev–Trinajstić information content (AvgIpc) is 2.30. The maximum atomic E-state index is 10.5. The minimum atomic E-state index is -0.790. The Bertz CT molecular complexity index is 335. The Morgan fingerprint density at radius 1 is 1.35 bits per heavy atom. The van der Waals surface area contributed by atoms with Gasteiger partial charge in [-0.2, -0.15) is 0 Å². The van der Waals surface area contributed by atoms with E-state index in [2.05, 4.69) is 0 Å². The fourth-order valence-corrected chi connectivity index (χ4v) is 2.20. The van der Waals surface area contributed by atoms with E-state index in [0.717, 1.165) is 31.0 Å². The average molecular weight is 254 g/mol. The molecule has 0 unspecified atom stereocenters. The first-order valence-electron chi connectivity index (χ1n) is 5.73. The lowest BCUT2D eigenvalue weighted by molar-refractivity contribution is -0.136. The highest BCUT2D eigenvalue weighted by molar-refractivity contribution is 7.99. The first-order valence-corrected chi connectivity index (χ1v) is 6.72. The summed E-state index contributed by atoms with van der Waals surface area (Å²) in [6, 6.07) is 7.70. The third kappa shape index (κ3) is 6.34. The van der Waals surface area contributed by atoms with Crippen LogP contribution < -0.4 is 0 Å². The van der Waals surface area contributed by atoms with Gasteiger partial charge in [0, 0.05) is 23.9 Å². The van der Waals surface area contributed by atoms with Gasteiger partial charge in [0.05, 0.1) is 6.42 Å². The first kappa shape index (κ1) is 14.1. The second-order valence-corrected chi connectivity index (χ2v) is 4.78. The zero-order valence-electron chi connectivity index (χ0n) is 10.0. The van der Waals surface area contributed by atoms with Gasteiger partial charge in [0.2, 0.25) is 0 Å². The molecule has 0 aliphatic carbocycles. The molecular formula is C13H18O3S. The molecule has 1 rings (SSSR count). The monoisotopic (exact) mass is 254 g/mol. The minimum Gasteiger partial charge on any atom is -0.481 e. The van der Waals surface area contributed by atoms with Gasteiger partial charge in [-0.25, -0.2) is 0 Å². The molecule has 0 aliphatic heterocycles. The molecular weight excluding hydrogens is 236 g/mol. The quantitative estimate of drug-likeness (QED) is 0.572. The Labute approximate surface area is 106 Å². The Hall–Kier alpha value is -1.00. The fraction of sp³-hybridized carbons (Fsp3) is 0.462. The van der Waals surface area contributed by atoms with Crippen molar-refractivity contribution in [2.75, 3.05) is 19.0 Å². The van der Waals surface area contributed by atoms with E-state index < -0.39 is 5.97 Å². The molecule has 1 aromatic carbocycles. The summed E-state index contributed by atoms with van der Waals surface area (Å²) in [5.74, 6) is 0.236. The van der Waals surface area contributed by atoms with Gasteiger partial charge < -0.3 is 9.84 Å². The second-order valence-electron chi connectivity index (χ2n) is 3.61. The van der Waals surface area contributed by atoms with Crippen LogP contribution in [0.1, 0.15) is 18.9 Å². The minimum absolute atomic E-state index is 0.0925. The highest BCUT2D eigenvalue weighted by atomic mass is 32.2. The molecule has 0 aromatic heterocycles. The molecule has 1 N–H and O–H groups in total. The molecule has 4 heteroatoms. The molecule has 0 fully saturated rings. The van der Waals surface area contributed by atoms with E-state index in [4.69, 9.17) is 9.84 Å². The van der Waals surface area contributed by atoms with Crippen molar-refractivity contribution in [3.05, 3.63) is 29.8 Å². The number of ether oxygens (including phenoxy) is 1. The molecule has 3 nitrogen and oxygen atoms in total. The number of thioether (sulfide) groups is 1. The standard InChI is InChI=1S/C13H18O3S/c1-2-16-8-3-9-17-12-6-4-11(5-7-12)10-13(14)15/h4-7H,2-3,8-10H2,1H3,(H,14,15). The topological polar surface area (TPSA) is 46.5 Å². The second kappa shape index (κ2) is 8.14. The third-order valence-corrected chi connectivity index (χ3v) is 3.28. The van der Waals surface area contributed by atoms with E-state index in [1.54, 1.807) is 11.8 Å². The van der Waals surface area contributed by atoms with Crippen LogP contribution >= 0.6 is 11.8 Å². The predicted molar refractivity (Wildman–Crippen MR) is 69.6 cm³/mol. The van der Waals surface area contributed by atoms with Crippen molar-refractivity contribution in [3.63, 3.8) is 0 Å². The van der Waals surface area contributed by atoms with E-state index in [1.165, 1.54) is 4.90 Å². The summed E-state index contributed by atoms with van der Waals surface area (Å²) in [7, 11) is 0. The van der Waals surface area contributed by atoms with Crippen LogP contribution in [-0.4, -0.2) is 30.0 Å². The maximum absolute atomic E-state index is 10.5. The van der Waals surface area contributed by atoms with Crippen LogP contribution in [-0.2, 0) is 16.0 Å². The van der Waals surface area contributed by atoms with Crippen LogP contribution in [0.15, 0.2) is 29.2 Å². The van der Waals surface area contributed by atoms with E-state index >= 15 is 0 Å². The van der Waals surface area contributed by atoms with Gasteiger partial charge in [-0.15, -0.1) is 11.8 Å². The molecule has 0 bridgehead atoms. The number of rotatable bonds is 8. The number of carboxylic acid groups (broad SMARTS) is 1. The Balaban J connectivity index is 2.28. The van der Waals surface area contributed by atoms with Gasteiger partial charge in [0.25, 0.3) is 0 Å². The van der Waals surface area contributed by atoms with Gasteiger partial charge in [-0.1, -0.05) is 12.1 Å². The highest BCUT2D eigenvalue weighted by Crippen LogP contribution is 2.19. The molecule has 0 atom stereocenters. The summed E-state index contributed by atoms with van der Waals surface area (Å²) >= 11 is 1.77. The Morgan fingerprint density at radius 2 is 2.06 bits per heavy atom. The van der Waals surface area contributed by atoms with E-state index in [0.29, 0.717) is 0 Å². The normalized spacial score (nSPS) is 10.4. The van der Waals surface area contributed by atoms with E-state index in [9.17, 15) is 4.79 Å². The zero-order valence-corrected chi connectivity index (χ0v) is 10.8. The van der Waals surface area contributed by atoms with Crippen molar-refractivity contribution in [1.29, 1.82) is 0 Å². The van der Waals surface area contributed by atoms with Gasteiger partial charge in [0.1, 0.15) is 0 Å². The summed E-state index contributed by atoms with van der Waals surface area (Å²) in [5, 5.41) is 8.64.